The average Bonchev–Trinajstić information content (AvgIpc) is 2.64. The molecule has 0 aliphatic rings. The number of benzene rings is 2. The molecule has 0 heterocycles. The maximum atomic E-state index is 12.4. The van der Waals surface area contributed by atoms with Crippen molar-refractivity contribution in [2.24, 2.45) is 0 Å². The zero-order chi connectivity index (χ0) is 19.9. The predicted molar refractivity (Wildman–Crippen MR) is 98.9 cm³/mol. The van der Waals surface area contributed by atoms with Crippen molar-refractivity contribution in [3.05, 3.63) is 65.7 Å². The SMILES string of the molecule is O=C(O)CC[C@H](NS(=O)(=O)c1ccc(CCc2ccccc2)cc1)C(=O)O. The van der Waals surface area contributed by atoms with Gasteiger partial charge >= 0.3 is 11.9 Å². The van der Waals surface area contributed by atoms with Crippen molar-refractivity contribution >= 4 is 22.0 Å². The van der Waals surface area contributed by atoms with E-state index in [-0.39, 0.29) is 11.3 Å². The third-order valence-electron chi connectivity index (χ3n) is 4.02. The summed E-state index contributed by atoms with van der Waals surface area (Å²) in [4.78, 5) is 21.7. The number of hydrogen-bond donors (Lipinski definition) is 3. The number of aryl methyl sites for hydroxylation is 2. The van der Waals surface area contributed by atoms with Gasteiger partial charge in [0.15, 0.2) is 0 Å². The van der Waals surface area contributed by atoms with E-state index >= 15 is 0 Å². The number of carboxylic acids is 2. The molecule has 0 spiro atoms. The molecule has 0 aliphatic heterocycles. The summed E-state index contributed by atoms with van der Waals surface area (Å²) in [5.41, 5.74) is 2.14. The summed E-state index contributed by atoms with van der Waals surface area (Å²) < 4.78 is 26.8. The minimum Gasteiger partial charge on any atom is -0.481 e. The van der Waals surface area contributed by atoms with Gasteiger partial charge < -0.3 is 10.2 Å². The normalized spacial score (nSPS) is 12.4. The summed E-state index contributed by atoms with van der Waals surface area (Å²) in [6, 6.07) is 14.6. The van der Waals surface area contributed by atoms with Crippen LogP contribution < -0.4 is 4.72 Å². The second-order valence-corrected chi connectivity index (χ2v) is 7.79. The molecule has 1 atom stereocenters. The lowest BCUT2D eigenvalue weighted by Gasteiger charge is -2.14. The molecule has 2 aromatic carbocycles. The first-order valence-corrected chi connectivity index (χ1v) is 9.86. The molecule has 144 valence electrons. The Morgan fingerprint density at radius 1 is 0.889 bits per heavy atom. The van der Waals surface area contributed by atoms with Gasteiger partial charge in [-0.3, -0.25) is 9.59 Å². The van der Waals surface area contributed by atoms with E-state index in [4.69, 9.17) is 10.2 Å². The van der Waals surface area contributed by atoms with Crippen molar-refractivity contribution in [3.63, 3.8) is 0 Å². The molecule has 0 radical (unpaired) electrons. The summed E-state index contributed by atoms with van der Waals surface area (Å²) in [7, 11) is -4.06. The standard InChI is InChI=1S/C19H21NO6S/c21-18(22)13-12-17(19(23)24)20-27(25,26)16-10-8-15(9-11-16)7-6-14-4-2-1-3-5-14/h1-5,8-11,17,20H,6-7,12-13H2,(H,21,22)(H,23,24)/t17-/m0/s1. The Balaban J connectivity index is 2.02. The van der Waals surface area contributed by atoms with Crippen LogP contribution in [0.1, 0.15) is 24.0 Å². The van der Waals surface area contributed by atoms with Crippen LogP contribution in [0.3, 0.4) is 0 Å². The molecule has 0 amide bonds. The lowest BCUT2D eigenvalue weighted by molar-refractivity contribution is -0.140. The summed E-state index contributed by atoms with van der Waals surface area (Å²) in [5, 5.41) is 17.8. The van der Waals surface area contributed by atoms with Crippen molar-refractivity contribution in [2.45, 2.75) is 36.6 Å². The van der Waals surface area contributed by atoms with Gasteiger partial charge in [-0.05, 0) is 42.5 Å². The lowest BCUT2D eigenvalue weighted by atomic mass is 10.0. The Morgan fingerprint density at radius 3 is 1.96 bits per heavy atom. The zero-order valence-corrected chi connectivity index (χ0v) is 15.4. The molecule has 0 saturated carbocycles. The number of sulfonamides is 1. The highest BCUT2D eigenvalue weighted by Crippen LogP contribution is 2.14. The summed E-state index contributed by atoms with van der Waals surface area (Å²) >= 11 is 0. The van der Waals surface area contributed by atoms with Crippen LogP contribution in [-0.2, 0) is 32.5 Å². The predicted octanol–water partition coefficient (Wildman–Crippen LogP) is 2.07. The van der Waals surface area contributed by atoms with Gasteiger partial charge in [0.05, 0.1) is 4.90 Å². The molecule has 8 heteroatoms. The first-order chi connectivity index (χ1) is 12.8. The van der Waals surface area contributed by atoms with Crippen LogP contribution in [0.4, 0.5) is 0 Å². The quantitative estimate of drug-likeness (QED) is 0.570. The number of nitrogens with one attached hydrogen (secondary N) is 1. The Morgan fingerprint density at radius 2 is 1.44 bits per heavy atom. The Kier molecular flexibility index (Phi) is 7.09. The monoisotopic (exact) mass is 391 g/mol. The third-order valence-corrected chi connectivity index (χ3v) is 5.51. The van der Waals surface area contributed by atoms with E-state index < -0.39 is 34.4 Å². The van der Waals surface area contributed by atoms with E-state index in [1.165, 1.54) is 17.7 Å². The van der Waals surface area contributed by atoms with E-state index in [1.54, 1.807) is 12.1 Å². The maximum absolute atomic E-state index is 12.4. The van der Waals surface area contributed by atoms with Crippen LogP contribution in [0.5, 0.6) is 0 Å². The molecule has 0 aliphatic carbocycles. The highest BCUT2D eigenvalue weighted by atomic mass is 32.2. The van der Waals surface area contributed by atoms with Gasteiger partial charge in [0.2, 0.25) is 10.0 Å². The fourth-order valence-corrected chi connectivity index (χ4v) is 3.75. The topological polar surface area (TPSA) is 121 Å². The van der Waals surface area contributed by atoms with Gasteiger partial charge in [-0.1, -0.05) is 42.5 Å². The maximum Gasteiger partial charge on any atom is 0.321 e. The summed E-state index contributed by atoms with van der Waals surface area (Å²) in [5.74, 6) is -2.61. The lowest BCUT2D eigenvalue weighted by Crippen LogP contribution is -2.41. The van der Waals surface area contributed by atoms with Crippen LogP contribution in [-0.4, -0.2) is 36.6 Å². The Bertz CT molecular complexity index is 878. The molecule has 0 unspecified atom stereocenters. The fraction of sp³-hybridized carbons (Fsp3) is 0.263. The number of hydrogen-bond acceptors (Lipinski definition) is 4. The van der Waals surface area contributed by atoms with Crippen LogP contribution in [0.15, 0.2) is 59.5 Å². The van der Waals surface area contributed by atoms with E-state index in [0.29, 0.717) is 0 Å². The summed E-state index contributed by atoms with van der Waals surface area (Å²) in [6.07, 6.45) is 0.784. The number of carboxylic acid groups (broad SMARTS) is 2. The molecule has 0 aromatic heterocycles. The number of carbonyl (C=O) groups is 2. The zero-order valence-electron chi connectivity index (χ0n) is 14.5. The van der Waals surface area contributed by atoms with Crippen molar-refractivity contribution in [1.29, 1.82) is 0 Å². The molecule has 2 rings (SSSR count). The highest BCUT2D eigenvalue weighted by Gasteiger charge is 2.25. The van der Waals surface area contributed by atoms with Gasteiger partial charge in [-0.25, -0.2) is 8.42 Å². The number of aliphatic carboxylic acids is 2. The molecular weight excluding hydrogens is 370 g/mol. The Hall–Kier alpha value is -2.71. The Labute approximate surface area is 157 Å². The second kappa shape index (κ2) is 9.29. The first kappa shape index (κ1) is 20.6. The molecule has 7 nitrogen and oxygen atoms in total. The molecule has 0 fully saturated rings. The van der Waals surface area contributed by atoms with E-state index in [2.05, 4.69) is 4.72 Å². The molecule has 2 aromatic rings. The van der Waals surface area contributed by atoms with E-state index in [9.17, 15) is 18.0 Å². The van der Waals surface area contributed by atoms with E-state index in [0.717, 1.165) is 18.4 Å². The average molecular weight is 391 g/mol. The highest BCUT2D eigenvalue weighted by molar-refractivity contribution is 7.89. The van der Waals surface area contributed by atoms with Gasteiger partial charge in [0.25, 0.3) is 0 Å². The van der Waals surface area contributed by atoms with Crippen LogP contribution >= 0.6 is 0 Å². The third kappa shape index (κ3) is 6.50. The van der Waals surface area contributed by atoms with Crippen LogP contribution in [0, 0.1) is 0 Å². The molecule has 3 N–H and O–H groups in total. The van der Waals surface area contributed by atoms with Gasteiger partial charge in [-0.2, -0.15) is 4.72 Å². The van der Waals surface area contributed by atoms with E-state index in [1.807, 2.05) is 30.3 Å². The first-order valence-electron chi connectivity index (χ1n) is 8.38. The van der Waals surface area contributed by atoms with Crippen molar-refractivity contribution in [1.82, 2.24) is 4.72 Å². The summed E-state index contributed by atoms with van der Waals surface area (Å²) in [6.45, 7) is 0. The van der Waals surface area contributed by atoms with Crippen LogP contribution in [0.25, 0.3) is 0 Å². The van der Waals surface area contributed by atoms with Crippen molar-refractivity contribution in [3.8, 4) is 0 Å². The molecule has 27 heavy (non-hydrogen) atoms. The van der Waals surface area contributed by atoms with Gasteiger partial charge in [0, 0.05) is 6.42 Å². The van der Waals surface area contributed by atoms with Crippen molar-refractivity contribution in [2.75, 3.05) is 0 Å². The number of rotatable bonds is 10. The molecular formula is C19H21NO6S. The minimum absolute atomic E-state index is 0.0625. The van der Waals surface area contributed by atoms with Gasteiger partial charge in [-0.15, -0.1) is 0 Å². The second-order valence-electron chi connectivity index (χ2n) is 6.07. The van der Waals surface area contributed by atoms with Crippen LogP contribution in [0.2, 0.25) is 0 Å². The smallest absolute Gasteiger partial charge is 0.321 e. The molecule has 0 bridgehead atoms. The fourth-order valence-electron chi connectivity index (χ4n) is 2.52. The minimum atomic E-state index is -4.06. The molecule has 0 saturated heterocycles. The van der Waals surface area contributed by atoms with Crippen molar-refractivity contribution < 1.29 is 28.2 Å². The van der Waals surface area contributed by atoms with Gasteiger partial charge in [0.1, 0.15) is 6.04 Å². The largest absolute Gasteiger partial charge is 0.481 e.